The first kappa shape index (κ1) is 19.4. The molecule has 1 saturated carbocycles. The Morgan fingerprint density at radius 1 is 1.07 bits per heavy atom. The molecule has 5 nitrogen and oxygen atoms in total. The monoisotopic (exact) mass is 400 g/mol. The number of sulfonamides is 1. The van der Waals surface area contributed by atoms with Gasteiger partial charge in [0.1, 0.15) is 12.4 Å². The second kappa shape index (κ2) is 8.23. The van der Waals surface area contributed by atoms with Crippen LogP contribution in [-0.2, 0) is 23.0 Å². The smallest absolute Gasteiger partial charge is 0.212 e. The summed E-state index contributed by atoms with van der Waals surface area (Å²) < 4.78 is 33.1. The highest BCUT2D eigenvalue weighted by atomic mass is 32.2. The lowest BCUT2D eigenvalue weighted by Gasteiger charge is -2.34. The van der Waals surface area contributed by atoms with Crippen LogP contribution in [0.5, 0.6) is 5.75 Å². The van der Waals surface area contributed by atoms with E-state index in [1.807, 2.05) is 25.2 Å². The van der Waals surface area contributed by atoms with Crippen LogP contribution in [0.25, 0.3) is 0 Å². The lowest BCUT2D eigenvalue weighted by Crippen LogP contribution is -2.41. The Labute approximate surface area is 167 Å². The number of rotatable bonds is 8. The van der Waals surface area contributed by atoms with E-state index in [1.54, 1.807) is 0 Å². The minimum Gasteiger partial charge on any atom is -0.492 e. The van der Waals surface area contributed by atoms with E-state index in [0.29, 0.717) is 19.1 Å². The number of fused-ring (bicyclic) bond motifs is 1. The third-order valence-electron chi connectivity index (χ3n) is 5.70. The van der Waals surface area contributed by atoms with Crippen molar-refractivity contribution >= 4 is 10.0 Å². The summed E-state index contributed by atoms with van der Waals surface area (Å²) in [6.45, 7) is 0.957. The topological polar surface area (TPSA) is 67.4 Å². The molecule has 0 spiro atoms. The molecule has 0 radical (unpaired) electrons. The van der Waals surface area contributed by atoms with Crippen molar-refractivity contribution in [3.05, 3.63) is 65.2 Å². The van der Waals surface area contributed by atoms with Crippen LogP contribution in [0.4, 0.5) is 0 Å². The molecule has 2 aliphatic rings. The highest BCUT2D eigenvalue weighted by molar-refractivity contribution is 7.89. The summed E-state index contributed by atoms with van der Waals surface area (Å²) in [6, 6.07) is 16.7. The van der Waals surface area contributed by atoms with E-state index in [-0.39, 0.29) is 17.7 Å². The van der Waals surface area contributed by atoms with Crippen LogP contribution in [0.1, 0.15) is 35.4 Å². The summed E-state index contributed by atoms with van der Waals surface area (Å²) in [5.74, 6) is 1.77. The van der Waals surface area contributed by atoms with E-state index < -0.39 is 10.0 Å². The largest absolute Gasteiger partial charge is 0.492 e. The minimum absolute atomic E-state index is 0.217. The summed E-state index contributed by atoms with van der Waals surface area (Å²) in [5, 5.41) is 3.38. The van der Waals surface area contributed by atoms with Gasteiger partial charge in [0.2, 0.25) is 10.0 Å². The summed E-state index contributed by atoms with van der Waals surface area (Å²) in [6.07, 6.45) is 2.98. The molecule has 4 rings (SSSR count). The van der Waals surface area contributed by atoms with Crippen molar-refractivity contribution in [3.63, 3.8) is 0 Å². The Hall–Kier alpha value is -1.89. The van der Waals surface area contributed by atoms with Crippen LogP contribution in [-0.4, -0.2) is 33.9 Å². The molecule has 0 aromatic heterocycles. The normalized spacial score (nSPS) is 21.8. The van der Waals surface area contributed by atoms with Crippen molar-refractivity contribution in [3.8, 4) is 5.75 Å². The van der Waals surface area contributed by atoms with Gasteiger partial charge in [-0.1, -0.05) is 42.5 Å². The zero-order chi connectivity index (χ0) is 19.6. The van der Waals surface area contributed by atoms with Crippen molar-refractivity contribution in [2.24, 2.45) is 5.92 Å². The molecule has 0 saturated heterocycles. The van der Waals surface area contributed by atoms with Crippen LogP contribution < -0.4 is 14.8 Å². The second-order valence-electron chi connectivity index (χ2n) is 7.92. The Kier molecular flexibility index (Phi) is 5.71. The van der Waals surface area contributed by atoms with Gasteiger partial charge >= 0.3 is 0 Å². The van der Waals surface area contributed by atoms with Crippen LogP contribution >= 0.6 is 0 Å². The zero-order valence-corrected chi connectivity index (χ0v) is 17.0. The fraction of sp³-hybridized carbons (Fsp3) is 0.455. The predicted octanol–water partition coefficient (Wildman–Crippen LogP) is 2.82. The van der Waals surface area contributed by atoms with Gasteiger partial charge in [-0.3, -0.25) is 0 Å². The second-order valence-corrected chi connectivity index (χ2v) is 9.77. The van der Waals surface area contributed by atoms with Gasteiger partial charge in [-0.05, 0) is 55.0 Å². The molecular weight excluding hydrogens is 372 g/mol. The fourth-order valence-corrected chi connectivity index (χ4v) is 5.35. The van der Waals surface area contributed by atoms with Crippen LogP contribution in [0.15, 0.2) is 48.5 Å². The van der Waals surface area contributed by atoms with Gasteiger partial charge in [-0.25, -0.2) is 13.1 Å². The minimum atomic E-state index is -3.21. The summed E-state index contributed by atoms with van der Waals surface area (Å²) in [5.41, 5.74) is 3.40. The maximum absolute atomic E-state index is 12.2. The first-order chi connectivity index (χ1) is 13.5. The molecule has 2 aromatic carbocycles. The van der Waals surface area contributed by atoms with E-state index in [4.69, 9.17) is 4.74 Å². The van der Waals surface area contributed by atoms with Crippen LogP contribution in [0.2, 0.25) is 0 Å². The number of nitrogens with one attached hydrogen (secondary N) is 2. The van der Waals surface area contributed by atoms with Gasteiger partial charge in [0.05, 0.1) is 5.75 Å². The Balaban J connectivity index is 1.53. The van der Waals surface area contributed by atoms with E-state index in [9.17, 15) is 8.42 Å². The SMILES string of the molecule is CNC1COc2ccc(CNS(=O)(=O)CC3CC3)cc2C1Cc1ccccc1. The third kappa shape index (κ3) is 4.74. The number of hydrogen-bond donors (Lipinski definition) is 2. The average molecular weight is 401 g/mol. The van der Waals surface area contributed by atoms with E-state index >= 15 is 0 Å². The first-order valence-corrected chi connectivity index (χ1v) is 11.6. The maximum atomic E-state index is 12.2. The zero-order valence-electron chi connectivity index (χ0n) is 16.2. The van der Waals surface area contributed by atoms with Gasteiger partial charge in [0, 0.05) is 18.5 Å². The van der Waals surface area contributed by atoms with E-state index in [2.05, 4.69) is 40.4 Å². The van der Waals surface area contributed by atoms with Crippen molar-refractivity contribution < 1.29 is 13.2 Å². The molecule has 0 bridgehead atoms. The van der Waals surface area contributed by atoms with Crippen LogP contribution in [0, 0.1) is 5.92 Å². The number of ether oxygens (including phenoxy) is 1. The summed E-state index contributed by atoms with van der Waals surface area (Å²) in [7, 11) is -1.24. The van der Waals surface area contributed by atoms with Crippen molar-refractivity contribution in [1.29, 1.82) is 0 Å². The number of likely N-dealkylation sites (N-methyl/N-ethyl adjacent to an activating group) is 1. The molecule has 28 heavy (non-hydrogen) atoms. The highest BCUT2D eigenvalue weighted by Gasteiger charge is 2.31. The quantitative estimate of drug-likeness (QED) is 0.715. The molecule has 2 aromatic rings. The van der Waals surface area contributed by atoms with Gasteiger partial charge in [-0.2, -0.15) is 0 Å². The molecular formula is C22H28N2O3S. The van der Waals surface area contributed by atoms with Crippen LogP contribution in [0.3, 0.4) is 0 Å². The first-order valence-electron chi connectivity index (χ1n) is 9.98. The molecule has 150 valence electrons. The summed E-state index contributed by atoms with van der Waals surface area (Å²) in [4.78, 5) is 0. The lowest BCUT2D eigenvalue weighted by atomic mass is 9.83. The van der Waals surface area contributed by atoms with Crippen molar-refractivity contribution in [1.82, 2.24) is 10.0 Å². The van der Waals surface area contributed by atoms with Crippen molar-refractivity contribution in [2.45, 2.75) is 37.8 Å². The third-order valence-corrected chi connectivity index (χ3v) is 7.19. The van der Waals surface area contributed by atoms with Gasteiger partial charge < -0.3 is 10.1 Å². The highest BCUT2D eigenvalue weighted by Crippen LogP contribution is 2.37. The lowest BCUT2D eigenvalue weighted by molar-refractivity contribution is 0.218. The molecule has 1 fully saturated rings. The van der Waals surface area contributed by atoms with E-state index in [0.717, 1.165) is 36.1 Å². The predicted molar refractivity (Wildman–Crippen MR) is 111 cm³/mol. The molecule has 2 atom stereocenters. The molecule has 6 heteroatoms. The number of hydrogen-bond acceptors (Lipinski definition) is 4. The van der Waals surface area contributed by atoms with Gasteiger partial charge in [-0.15, -0.1) is 0 Å². The molecule has 1 aliphatic heterocycles. The Bertz CT molecular complexity index is 911. The molecule has 2 N–H and O–H groups in total. The fourth-order valence-electron chi connectivity index (χ4n) is 3.89. The Morgan fingerprint density at radius 2 is 1.86 bits per heavy atom. The summed E-state index contributed by atoms with van der Waals surface area (Å²) >= 11 is 0. The average Bonchev–Trinajstić information content (AvgIpc) is 3.51. The van der Waals surface area contributed by atoms with Gasteiger partial charge in [0.25, 0.3) is 0 Å². The van der Waals surface area contributed by atoms with E-state index in [1.165, 1.54) is 5.56 Å². The molecule has 1 aliphatic carbocycles. The molecule has 1 heterocycles. The van der Waals surface area contributed by atoms with Crippen molar-refractivity contribution in [2.75, 3.05) is 19.4 Å². The maximum Gasteiger partial charge on any atom is 0.212 e. The number of benzene rings is 2. The molecule has 2 unspecified atom stereocenters. The molecule has 0 amide bonds. The standard InChI is InChI=1S/C22H28N2O3S/c1-23-21-14-27-22-10-9-18(13-24-28(25,26)15-17-7-8-17)12-20(22)19(21)11-16-5-3-2-4-6-16/h2-6,9-10,12,17,19,21,23-24H,7-8,11,13-15H2,1H3. The Morgan fingerprint density at radius 3 is 2.57 bits per heavy atom. The van der Waals surface area contributed by atoms with Gasteiger partial charge in [0.15, 0.2) is 0 Å².